The molecule has 2 rings (SSSR count). The maximum Gasteiger partial charge on any atom is 0.410 e. The molecule has 0 saturated carbocycles. The summed E-state index contributed by atoms with van der Waals surface area (Å²) in [5, 5.41) is 0. The Morgan fingerprint density at radius 3 is 2.39 bits per heavy atom. The molecule has 126 valence electrons. The standard InChI is InChI=1S/C15H20N2O5S/c1-11(18)12-4-6-13(7-5-12)23(20,21)16-10-15(2,3)17-8-9-22-14(17)19/h4-7,16H,8-10H2,1-3H3. The van der Waals surface area contributed by atoms with Crippen LogP contribution in [0.15, 0.2) is 29.2 Å². The number of carbonyl (C=O) groups excluding carboxylic acids is 2. The molecule has 1 aliphatic heterocycles. The lowest BCUT2D eigenvalue weighted by molar-refractivity contribution is 0.101. The number of cyclic esters (lactones) is 1. The van der Waals surface area contributed by atoms with Crippen LogP contribution < -0.4 is 4.72 Å². The van der Waals surface area contributed by atoms with Crippen LogP contribution in [0.5, 0.6) is 0 Å². The van der Waals surface area contributed by atoms with Crippen LogP contribution in [0, 0.1) is 0 Å². The highest BCUT2D eigenvalue weighted by Crippen LogP contribution is 2.19. The van der Waals surface area contributed by atoms with E-state index in [0.29, 0.717) is 18.7 Å². The van der Waals surface area contributed by atoms with Crippen molar-refractivity contribution in [2.24, 2.45) is 0 Å². The summed E-state index contributed by atoms with van der Waals surface area (Å²) in [6.07, 6.45) is -0.444. The van der Waals surface area contributed by atoms with Crippen LogP contribution in [0.2, 0.25) is 0 Å². The topological polar surface area (TPSA) is 92.8 Å². The van der Waals surface area contributed by atoms with E-state index in [9.17, 15) is 18.0 Å². The lowest BCUT2D eigenvalue weighted by Crippen LogP contribution is -2.52. The zero-order valence-electron chi connectivity index (χ0n) is 13.3. The Hall–Kier alpha value is -1.93. The minimum Gasteiger partial charge on any atom is -0.448 e. The molecule has 8 heteroatoms. The van der Waals surface area contributed by atoms with Crippen molar-refractivity contribution in [3.8, 4) is 0 Å². The second kappa shape index (κ2) is 6.29. The smallest absolute Gasteiger partial charge is 0.410 e. The molecule has 1 amide bonds. The van der Waals surface area contributed by atoms with Crippen molar-refractivity contribution in [1.29, 1.82) is 0 Å². The van der Waals surface area contributed by atoms with E-state index in [-0.39, 0.29) is 17.2 Å². The Balaban J connectivity index is 2.09. The molecule has 0 aliphatic carbocycles. The third-order valence-corrected chi connectivity index (χ3v) is 5.17. The van der Waals surface area contributed by atoms with E-state index in [1.165, 1.54) is 36.1 Å². The number of amides is 1. The third kappa shape index (κ3) is 3.89. The van der Waals surface area contributed by atoms with Crippen LogP contribution in [-0.2, 0) is 14.8 Å². The first-order valence-corrected chi connectivity index (χ1v) is 8.67. The van der Waals surface area contributed by atoms with E-state index in [1.54, 1.807) is 13.8 Å². The third-order valence-electron chi connectivity index (χ3n) is 3.76. The predicted octanol–water partition coefficient (Wildman–Crippen LogP) is 1.40. The van der Waals surface area contributed by atoms with Crippen molar-refractivity contribution in [3.63, 3.8) is 0 Å². The molecule has 1 fully saturated rings. The molecular weight excluding hydrogens is 320 g/mol. The van der Waals surface area contributed by atoms with E-state index in [1.807, 2.05) is 0 Å². The van der Waals surface area contributed by atoms with Crippen molar-refractivity contribution in [2.45, 2.75) is 31.2 Å². The minimum atomic E-state index is -3.72. The highest BCUT2D eigenvalue weighted by molar-refractivity contribution is 7.89. The number of sulfonamides is 1. The molecular formula is C15H20N2O5S. The van der Waals surface area contributed by atoms with Gasteiger partial charge in [-0.1, -0.05) is 12.1 Å². The average molecular weight is 340 g/mol. The molecule has 0 aromatic heterocycles. The molecule has 1 N–H and O–H groups in total. The molecule has 0 bridgehead atoms. The average Bonchev–Trinajstić information content (AvgIpc) is 2.93. The van der Waals surface area contributed by atoms with Gasteiger partial charge in [0, 0.05) is 12.1 Å². The first-order valence-electron chi connectivity index (χ1n) is 7.18. The summed E-state index contributed by atoms with van der Waals surface area (Å²) in [5.74, 6) is -0.129. The van der Waals surface area contributed by atoms with Gasteiger partial charge in [-0.15, -0.1) is 0 Å². The maximum absolute atomic E-state index is 12.3. The van der Waals surface area contributed by atoms with Gasteiger partial charge >= 0.3 is 6.09 Å². The van der Waals surface area contributed by atoms with Crippen LogP contribution in [0.1, 0.15) is 31.1 Å². The Kier molecular flexibility index (Phi) is 4.76. The van der Waals surface area contributed by atoms with Gasteiger partial charge in [0.1, 0.15) is 6.61 Å². The molecule has 1 aliphatic rings. The second-order valence-electron chi connectivity index (χ2n) is 5.98. The van der Waals surface area contributed by atoms with Crippen LogP contribution in [0.3, 0.4) is 0 Å². The number of hydrogen-bond donors (Lipinski definition) is 1. The summed E-state index contributed by atoms with van der Waals surface area (Å²) in [4.78, 5) is 24.4. The fraction of sp³-hybridized carbons (Fsp3) is 0.467. The van der Waals surface area contributed by atoms with Gasteiger partial charge in [-0.05, 0) is 32.9 Å². The van der Waals surface area contributed by atoms with Gasteiger partial charge in [-0.25, -0.2) is 17.9 Å². The highest BCUT2D eigenvalue weighted by atomic mass is 32.2. The van der Waals surface area contributed by atoms with E-state index >= 15 is 0 Å². The molecule has 1 aromatic rings. The number of hydrogen-bond acceptors (Lipinski definition) is 5. The lowest BCUT2D eigenvalue weighted by atomic mass is 10.0. The van der Waals surface area contributed by atoms with Gasteiger partial charge in [0.25, 0.3) is 0 Å². The zero-order valence-corrected chi connectivity index (χ0v) is 14.1. The molecule has 0 spiro atoms. The van der Waals surface area contributed by atoms with Crippen LogP contribution >= 0.6 is 0 Å². The fourth-order valence-electron chi connectivity index (χ4n) is 2.26. The summed E-state index contributed by atoms with van der Waals surface area (Å²) >= 11 is 0. The molecule has 1 heterocycles. The monoisotopic (exact) mass is 340 g/mol. The number of ether oxygens (including phenoxy) is 1. The molecule has 0 unspecified atom stereocenters. The molecule has 0 atom stereocenters. The van der Waals surface area contributed by atoms with Crippen molar-refractivity contribution >= 4 is 21.9 Å². The quantitative estimate of drug-likeness (QED) is 0.790. The Bertz CT molecular complexity index is 710. The molecule has 7 nitrogen and oxygen atoms in total. The number of Topliss-reactive ketones (excluding diaryl/α,β-unsaturated/α-hetero) is 1. The fourth-order valence-corrected chi connectivity index (χ4v) is 3.47. The van der Waals surface area contributed by atoms with E-state index in [0.717, 1.165) is 0 Å². The van der Waals surface area contributed by atoms with Gasteiger partial charge in [0.2, 0.25) is 10.0 Å². The largest absolute Gasteiger partial charge is 0.448 e. The van der Waals surface area contributed by atoms with Gasteiger partial charge in [0.05, 0.1) is 17.0 Å². The number of nitrogens with one attached hydrogen (secondary N) is 1. The Labute approximate surface area is 135 Å². The number of rotatable bonds is 6. The van der Waals surface area contributed by atoms with E-state index in [2.05, 4.69) is 4.72 Å². The predicted molar refractivity (Wildman–Crippen MR) is 83.8 cm³/mol. The molecule has 1 saturated heterocycles. The van der Waals surface area contributed by atoms with Gasteiger partial charge < -0.3 is 4.74 Å². The van der Waals surface area contributed by atoms with Crippen molar-refractivity contribution in [1.82, 2.24) is 9.62 Å². The van der Waals surface area contributed by atoms with Gasteiger partial charge in [-0.2, -0.15) is 0 Å². The summed E-state index contributed by atoms with van der Waals surface area (Å²) in [5.41, 5.74) is -0.260. The number of nitrogens with zero attached hydrogens (tertiary/aromatic N) is 1. The summed E-state index contributed by atoms with van der Waals surface area (Å²) in [7, 11) is -3.72. The molecule has 23 heavy (non-hydrogen) atoms. The van der Waals surface area contributed by atoms with Gasteiger partial charge in [-0.3, -0.25) is 9.69 Å². The lowest BCUT2D eigenvalue weighted by Gasteiger charge is -2.33. The minimum absolute atomic E-state index is 0.0545. The Morgan fingerprint density at radius 1 is 1.30 bits per heavy atom. The first-order chi connectivity index (χ1) is 10.6. The number of ketones is 1. The van der Waals surface area contributed by atoms with Gasteiger partial charge in [0.15, 0.2) is 5.78 Å². The number of benzene rings is 1. The maximum atomic E-state index is 12.3. The zero-order chi connectivity index (χ0) is 17.3. The van der Waals surface area contributed by atoms with Crippen LogP contribution in [0.4, 0.5) is 4.79 Å². The highest BCUT2D eigenvalue weighted by Gasteiger charge is 2.36. The second-order valence-corrected chi connectivity index (χ2v) is 7.75. The van der Waals surface area contributed by atoms with Crippen LogP contribution in [-0.4, -0.2) is 50.4 Å². The van der Waals surface area contributed by atoms with Crippen molar-refractivity contribution in [3.05, 3.63) is 29.8 Å². The van der Waals surface area contributed by atoms with E-state index in [4.69, 9.17) is 4.74 Å². The number of carbonyl (C=O) groups is 2. The summed E-state index contributed by atoms with van der Waals surface area (Å²) in [6.45, 7) is 5.74. The summed E-state index contributed by atoms with van der Waals surface area (Å²) < 4.78 is 32.0. The molecule has 1 aromatic carbocycles. The normalized spacial score (nSPS) is 15.6. The SMILES string of the molecule is CC(=O)c1ccc(S(=O)(=O)NCC(C)(C)N2CCOC2=O)cc1. The van der Waals surface area contributed by atoms with Crippen LogP contribution in [0.25, 0.3) is 0 Å². The van der Waals surface area contributed by atoms with E-state index < -0.39 is 21.7 Å². The summed E-state index contributed by atoms with van der Waals surface area (Å²) in [6, 6.07) is 5.71. The first kappa shape index (κ1) is 17.4. The molecule has 0 radical (unpaired) electrons. The Morgan fingerprint density at radius 2 is 1.91 bits per heavy atom. The van der Waals surface area contributed by atoms with Crippen molar-refractivity contribution < 1.29 is 22.7 Å². The van der Waals surface area contributed by atoms with Crippen molar-refractivity contribution in [2.75, 3.05) is 19.7 Å².